The second-order valence-electron chi connectivity index (χ2n) is 6.32. The summed E-state index contributed by atoms with van der Waals surface area (Å²) in [6.45, 7) is 5.41. The van der Waals surface area contributed by atoms with Crippen LogP contribution in [-0.2, 0) is 13.4 Å². The number of aryl methyl sites for hydroxylation is 3. The van der Waals surface area contributed by atoms with Crippen molar-refractivity contribution in [3.63, 3.8) is 0 Å². The number of aromatic nitrogens is 1. The first-order valence-electron chi connectivity index (χ1n) is 9.37. The van der Waals surface area contributed by atoms with E-state index in [1.165, 1.54) is 0 Å². The summed E-state index contributed by atoms with van der Waals surface area (Å²) in [6.07, 6.45) is 0.369. The van der Waals surface area contributed by atoms with E-state index in [0.29, 0.717) is 11.1 Å². The van der Waals surface area contributed by atoms with Gasteiger partial charge in [-0.05, 0) is 42.8 Å². The average molecular weight is 273 g/mol. The maximum absolute atomic E-state index is 8.50. The highest BCUT2D eigenvalue weighted by Crippen LogP contribution is 2.25. The van der Waals surface area contributed by atoms with Crippen LogP contribution in [0.5, 0.6) is 0 Å². The van der Waals surface area contributed by atoms with Gasteiger partial charge < -0.3 is 0 Å². The summed E-state index contributed by atoms with van der Waals surface area (Å²) in [7, 11) is 1.91. The van der Waals surface area contributed by atoms with Crippen molar-refractivity contribution < 1.29 is 11.4 Å². The SMILES string of the molecule is [2H]C([2H])([2H])c1ccc(-c2cc(C([2H])([2H])C(C)(C)C)cc[n+]2C)c(C)c1. The molecule has 1 aromatic carbocycles. The third-order valence-corrected chi connectivity index (χ3v) is 3.17. The summed E-state index contributed by atoms with van der Waals surface area (Å²) in [6, 6.07) is 8.79. The molecule has 0 aliphatic rings. The number of benzene rings is 1. The van der Waals surface area contributed by atoms with E-state index >= 15 is 0 Å². The van der Waals surface area contributed by atoms with E-state index < -0.39 is 18.6 Å². The van der Waals surface area contributed by atoms with Crippen molar-refractivity contribution in [1.82, 2.24) is 0 Å². The van der Waals surface area contributed by atoms with Crippen LogP contribution in [0.25, 0.3) is 11.3 Å². The highest BCUT2D eigenvalue weighted by molar-refractivity contribution is 5.62. The van der Waals surface area contributed by atoms with Crippen molar-refractivity contribution in [2.45, 2.75) is 40.9 Å². The zero-order valence-electron chi connectivity index (χ0n) is 17.9. The third-order valence-electron chi connectivity index (χ3n) is 3.17. The summed E-state index contributed by atoms with van der Waals surface area (Å²) in [5.74, 6) is 0. The number of pyridine rings is 1. The molecule has 0 N–H and O–H groups in total. The van der Waals surface area contributed by atoms with Crippen LogP contribution in [0.15, 0.2) is 36.5 Å². The molecule has 1 heterocycles. The molecular weight excluding hydrogens is 242 g/mol. The van der Waals surface area contributed by atoms with Gasteiger partial charge in [-0.2, -0.15) is 0 Å². The van der Waals surface area contributed by atoms with Gasteiger partial charge in [-0.25, -0.2) is 4.57 Å². The van der Waals surface area contributed by atoms with E-state index in [-0.39, 0.29) is 0 Å². The van der Waals surface area contributed by atoms with E-state index in [0.717, 1.165) is 16.8 Å². The fourth-order valence-electron chi connectivity index (χ4n) is 2.30. The molecule has 2 aromatic rings. The molecule has 0 bridgehead atoms. The molecule has 0 unspecified atom stereocenters. The minimum atomic E-state index is -2.13. The summed E-state index contributed by atoms with van der Waals surface area (Å²) >= 11 is 0. The Hall–Kier alpha value is -1.63. The first-order chi connectivity index (χ1) is 11.2. The summed E-state index contributed by atoms with van der Waals surface area (Å²) in [5, 5.41) is 0. The van der Waals surface area contributed by atoms with Gasteiger partial charge in [0.15, 0.2) is 6.20 Å². The zero-order chi connectivity index (χ0) is 19.2. The first kappa shape index (κ1) is 9.33. The first-order valence-corrected chi connectivity index (χ1v) is 6.87. The van der Waals surface area contributed by atoms with Crippen LogP contribution >= 0.6 is 0 Å². The Bertz CT molecular complexity index is 785. The number of rotatable bonds is 2. The Balaban J connectivity index is 2.60. The topological polar surface area (TPSA) is 3.88 Å². The Kier molecular flexibility index (Phi) is 2.52. The maximum Gasteiger partial charge on any atom is 0.212 e. The van der Waals surface area contributed by atoms with Crippen LogP contribution in [0.2, 0.25) is 0 Å². The molecule has 0 atom stereocenters. The minimum absolute atomic E-state index is 0.317. The van der Waals surface area contributed by atoms with Gasteiger partial charge in [-0.15, -0.1) is 0 Å². The van der Waals surface area contributed by atoms with Crippen molar-refractivity contribution in [3.05, 3.63) is 53.2 Å². The van der Waals surface area contributed by atoms with Crippen LogP contribution < -0.4 is 4.57 Å². The molecule has 106 valence electrons. The molecule has 1 nitrogen and oxygen atoms in total. The largest absolute Gasteiger partial charge is 0.212 e. The molecule has 0 fully saturated rings. The van der Waals surface area contributed by atoms with Gasteiger partial charge in [0.1, 0.15) is 7.05 Å². The van der Waals surface area contributed by atoms with Crippen LogP contribution in [-0.4, -0.2) is 0 Å². The van der Waals surface area contributed by atoms with E-state index in [2.05, 4.69) is 0 Å². The molecule has 2 rings (SSSR count). The third kappa shape index (κ3) is 3.47. The van der Waals surface area contributed by atoms with Gasteiger partial charge in [0.25, 0.3) is 0 Å². The molecule has 20 heavy (non-hydrogen) atoms. The van der Waals surface area contributed by atoms with E-state index in [4.69, 9.17) is 6.85 Å². The molecule has 0 saturated carbocycles. The lowest BCUT2D eigenvalue weighted by Crippen LogP contribution is -2.31. The molecule has 0 saturated heterocycles. The van der Waals surface area contributed by atoms with E-state index in [1.807, 2.05) is 57.6 Å². The molecular formula is C19H26N+. The second kappa shape index (κ2) is 5.40. The van der Waals surface area contributed by atoms with Crippen LogP contribution in [0.4, 0.5) is 0 Å². The molecule has 0 amide bonds. The van der Waals surface area contributed by atoms with Gasteiger partial charge in [0.05, 0.1) is 0 Å². The summed E-state index contributed by atoms with van der Waals surface area (Å²) < 4.78 is 41.6. The monoisotopic (exact) mass is 273 g/mol. The van der Waals surface area contributed by atoms with Crippen LogP contribution in [0.3, 0.4) is 0 Å². The van der Waals surface area contributed by atoms with Gasteiger partial charge in [0, 0.05) is 24.5 Å². The van der Waals surface area contributed by atoms with Crippen molar-refractivity contribution in [3.8, 4) is 11.3 Å². The van der Waals surface area contributed by atoms with Crippen molar-refractivity contribution in [2.75, 3.05) is 0 Å². The molecule has 0 aliphatic carbocycles. The standard InChI is InChI=1S/C19H26N/c1-14-7-8-17(15(2)11-14)18-12-16(9-10-20(18)6)13-19(3,4)5/h7-12H,13H2,1-6H3/q+1/i1D3,13D2. The fraction of sp³-hybridized carbons (Fsp3) is 0.421. The Morgan fingerprint density at radius 2 is 1.95 bits per heavy atom. The van der Waals surface area contributed by atoms with Gasteiger partial charge in [-0.1, -0.05) is 38.5 Å². The fourth-order valence-corrected chi connectivity index (χ4v) is 2.30. The maximum atomic E-state index is 8.50. The lowest BCUT2D eigenvalue weighted by Gasteiger charge is -2.18. The highest BCUT2D eigenvalue weighted by Gasteiger charge is 2.17. The van der Waals surface area contributed by atoms with Gasteiger partial charge in [0.2, 0.25) is 5.69 Å². The van der Waals surface area contributed by atoms with Gasteiger partial charge in [-0.3, -0.25) is 0 Å². The number of hydrogen-bond acceptors (Lipinski definition) is 0. The average Bonchev–Trinajstić information content (AvgIpc) is 2.45. The van der Waals surface area contributed by atoms with Crippen molar-refractivity contribution in [1.29, 1.82) is 0 Å². The second-order valence-corrected chi connectivity index (χ2v) is 6.32. The number of hydrogen-bond donors (Lipinski definition) is 0. The van der Waals surface area contributed by atoms with Gasteiger partial charge >= 0.3 is 0 Å². The van der Waals surface area contributed by atoms with Crippen LogP contribution in [0, 0.1) is 19.2 Å². The summed E-state index contributed by atoms with van der Waals surface area (Å²) in [5.41, 5.74) is 3.02. The quantitative estimate of drug-likeness (QED) is 0.715. The predicted octanol–water partition coefficient (Wildman–Crippen LogP) is 4.38. The molecule has 0 spiro atoms. The molecule has 0 aliphatic heterocycles. The van der Waals surface area contributed by atoms with E-state index in [1.54, 1.807) is 18.2 Å². The lowest BCUT2D eigenvalue weighted by atomic mass is 9.88. The Morgan fingerprint density at radius 3 is 2.55 bits per heavy atom. The molecule has 1 aromatic heterocycles. The van der Waals surface area contributed by atoms with Crippen molar-refractivity contribution in [2.24, 2.45) is 12.5 Å². The minimum Gasteiger partial charge on any atom is -0.201 e. The normalized spacial score (nSPS) is 16.8. The summed E-state index contributed by atoms with van der Waals surface area (Å²) in [4.78, 5) is 0. The van der Waals surface area contributed by atoms with Crippen LogP contribution in [0.1, 0.15) is 44.3 Å². The molecule has 0 radical (unpaired) electrons. The predicted molar refractivity (Wildman–Crippen MR) is 85.7 cm³/mol. The highest BCUT2D eigenvalue weighted by atomic mass is 14.9. The lowest BCUT2D eigenvalue weighted by molar-refractivity contribution is -0.660. The Labute approximate surface area is 130 Å². The van der Waals surface area contributed by atoms with Crippen molar-refractivity contribution >= 4 is 0 Å². The smallest absolute Gasteiger partial charge is 0.201 e. The van der Waals surface area contributed by atoms with E-state index in [9.17, 15) is 0 Å². The zero-order valence-corrected chi connectivity index (χ0v) is 12.9. The number of nitrogens with zero attached hydrogens (tertiary/aromatic N) is 1. The molecule has 1 heteroatoms. The Morgan fingerprint density at radius 1 is 1.20 bits per heavy atom.